The molecule has 0 aliphatic heterocycles. The van der Waals surface area contributed by atoms with Gasteiger partial charge in [-0.05, 0) is 47.9 Å². The van der Waals surface area contributed by atoms with E-state index in [4.69, 9.17) is 23.2 Å². The van der Waals surface area contributed by atoms with E-state index in [1.54, 1.807) is 11.3 Å². The minimum atomic E-state index is -0.155. The third kappa shape index (κ3) is 2.34. The summed E-state index contributed by atoms with van der Waals surface area (Å²) in [5.41, 5.74) is 4.45. The fourth-order valence-corrected chi connectivity index (χ4v) is 3.55. The van der Waals surface area contributed by atoms with Crippen molar-refractivity contribution in [3.63, 3.8) is 0 Å². The Kier molecular flexibility index (Phi) is 3.76. The van der Waals surface area contributed by atoms with E-state index in [2.05, 4.69) is 27.2 Å². The van der Waals surface area contributed by atoms with Gasteiger partial charge in [-0.25, -0.2) is 4.98 Å². The highest BCUT2D eigenvalue weighted by molar-refractivity contribution is 7.08. The van der Waals surface area contributed by atoms with Gasteiger partial charge in [-0.3, -0.25) is 0 Å². The zero-order chi connectivity index (χ0) is 14.3. The standard InChI is InChI=1S/C15H14Cl2N2S/c1-9-7-20-8-11(9)6-19-13-5-3-4-12(17)14(13)18-15(19)10(2)16/h3-5,7-8,10H,6H2,1-2H3. The minimum Gasteiger partial charge on any atom is -0.322 e. The van der Waals surface area contributed by atoms with Crippen LogP contribution in [0, 0.1) is 6.92 Å². The molecule has 20 heavy (non-hydrogen) atoms. The first-order valence-electron chi connectivity index (χ1n) is 6.38. The second-order valence-electron chi connectivity index (χ2n) is 4.86. The Balaban J connectivity index is 2.19. The molecule has 0 spiro atoms. The molecule has 2 aromatic heterocycles. The van der Waals surface area contributed by atoms with Crippen molar-refractivity contribution < 1.29 is 0 Å². The summed E-state index contributed by atoms with van der Waals surface area (Å²) in [6.07, 6.45) is 0. The number of imidazole rings is 1. The largest absolute Gasteiger partial charge is 0.322 e. The van der Waals surface area contributed by atoms with Crippen LogP contribution in [0.5, 0.6) is 0 Å². The lowest BCUT2D eigenvalue weighted by atomic mass is 10.2. The van der Waals surface area contributed by atoms with Gasteiger partial charge in [0.25, 0.3) is 0 Å². The molecular formula is C15H14Cl2N2S. The number of benzene rings is 1. The van der Waals surface area contributed by atoms with Crippen LogP contribution >= 0.6 is 34.5 Å². The first-order chi connectivity index (χ1) is 9.58. The molecule has 5 heteroatoms. The van der Waals surface area contributed by atoms with Crippen molar-refractivity contribution in [1.29, 1.82) is 0 Å². The van der Waals surface area contributed by atoms with Gasteiger partial charge in [-0.1, -0.05) is 17.7 Å². The topological polar surface area (TPSA) is 17.8 Å². The fourth-order valence-electron chi connectivity index (χ4n) is 2.32. The summed E-state index contributed by atoms with van der Waals surface area (Å²) < 4.78 is 2.16. The zero-order valence-electron chi connectivity index (χ0n) is 11.2. The number of rotatable bonds is 3. The summed E-state index contributed by atoms with van der Waals surface area (Å²) in [5.74, 6) is 0.861. The molecule has 1 unspecified atom stereocenters. The molecule has 1 aromatic carbocycles. The summed E-state index contributed by atoms with van der Waals surface area (Å²) >= 11 is 14.2. The molecule has 0 fully saturated rings. The Bertz CT molecular complexity index is 758. The van der Waals surface area contributed by atoms with Crippen LogP contribution in [0.4, 0.5) is 0 Å². The molecule has 0 amide bonds. The van der Waals surface area contributed by atoms with Crippen molar-refractivity contribution >= 4 is 45.6 Å². The average Bonchev–Trinajstić information content (AvgIpc) is 2.96. The molecule has 0 bridgehead atoms. The first kappa shape index (κ1) is 13.9. The minimum absolute atomic E-state index is 0.155. The van der Waals surface area contributed by atoms with Crippen molar-refractivity contribution in [2.75, 3.05) is 0 Å². The third-order valence-electron chi connectivity index (χ3n) is 3.41. The number of hydrogen-bond donors (Lipinski definition) is 0. The lowest BCUT2D eigenvalue weighted by Crippen LogP contribution is -2.05. The monoisotopic (exact) mass is 324 g/mol. The third-order valence-corrected chi connectivity index (χ3v) is 4.82. The van der Waals surface area contributed by atoms with Gasteiger partial charge in [0.1, 0.15) is 11.3 Å². The molecule has 2 nitrogen and oxygen atoms in total. The van der Waals surface area contributed by atoms with Crippen LogP contribution in [0.1, 0.15) is 29.3 Å². The average molecular weight is 325 g/mol. The van der Waals surface area contributed by atoms with Crippen molar-refractivity contribution in [2.45, 2.75) is 25.8 Å². The normalized spacial score (nSPS) is 13.0. The first-order valence-corrected chi connectivity index (χ1v) is 8.14. The Morgan fingerprint density at radius 2 is 2.15 bits per heavy atom. The highest BCUT2D eigenvalue weighted by Crippen LogP contribution is 2.30. The molecule has 0 aliphatic rings. The van der Waals surface area contributed by atoms with E-state index in [0.29, 0.717) is 5.02 Å². The quantitative estimate of drug-likeness (QED) is 0.589. The van der Waals surface area contributed by atoms with E-state index in [0.717, 1.165) is 23.4 Å². The molecule has 1 atom stereocenters. The number of alkyl halides is 1. The molecule has 3 rings (SSSR count). The van der Waals surface area contributed by atoms with Crippen molar-refractivity contribution in [3.05, 3.63) is 50.9 Å². The number of hydrogen-bond acceptors (Lipinski definition) is 2. The molecule has 0 N–H and O–H groups in total. The number of fused-ring (bicyclic) bond motifs is 1. The van der Waals surface area contributed by atoms with Gasteiger partial charge in [0.05, 0.1) is 22.5 Å². The maximum absolute atomic E-state index is 6.29. The molecule has 0 radical (unpaired) electrons. The van der Waals surface area contributed by atoms with Crippen LogP contribution in [0.25, 0.3) is 11.0 Å². The summed E-state index contributed by atoms with van der Waals surface area (Å²) in [4.78, 5) is 4.62. The van der Waals surface area contributed by atoms with Crippen LogP contribution in [0.15, 0.2) is 29.0 Å². The number of aromatic nitrogens is 2. The van der Waals surface area contributed by atoms with E-state index >= 15 is 0 Å². The Hall–Kier alpha value is -1.03. The zero-order valence-corrected chi connectivity index (χ0v) is 13.6. The number of para-hydroxylation sites is 1. The van der Waals surface area contributed by atoms with Crippen molar-refractivity contribution in [2.24, 2.45) is 0 Å². The maximum atomic E-state index is 6.29. The molecule has 3 aromatic rings. The van der Waals surface area contributed by atoms with Gasteiger partial charge >= 0.3 is 0 Å². The Morgan fingerprint density at radius 1 is 1.35 bits per heavy atom. The van der Waals surface area contributed by atoms with Gasteiger partial charge < -0.3 is 4.57 Å². The van der Waals surface area contributed by atoms with Crippen molar-refractivity contribution in [1.82, 2.24) is 9.55 Å². The van der Waals surface area contributed by atoms with Gasteiger partial charge in [0.15, 0.2) is 0 Å². The van der Waals surface area contributed by atoms with Crippen LogP contribution < -0.4 is 0 Å². The second kappa shape index (κ2) is 5.40. The summed E-state index contributed by atoms with van der Waals surface area (Å²) in [7, 11) is 0. The molecule has 0 saturated carbocycles. The van der Waals surface area contributed by atoms with E-state index in [-0.39, 0.29) is 5.38 Å². The molecular weight excluding hydrogens is 311 g/mol. The Morgan fingerprint density at radius 3 is 2.80 bits per heavy atom. The van der Waals surface area contributed by atoms with Gasteiger partial charge in [0.2, 0.25) is 0 Å². The van der Waals surface area contributed by atoms with Crippen LogP contribution in [-0.2, 0) is 6.54 Å². The van der Waals surface area contributed by atoms with Crippen molar-refractivity contribution in [3.8, 4) is 0 Å². The highest BCUT2D eigenvalue weighted by Gasteiger charge is 2.17. The molecule has 104 valence electrons. The lowest BCUT2D eigenvalue weighted by molar-refractivity contribution is 0.741. The van der Waals surface area contributed by atoms with Gasteiger partial charge in [0, 0.05) is 0 Å². The summed E-state index contributed by atoms with van der Waals surface area (Å²) in [6, 6.07) is 5.85. The number of thiophene rings is 1. The lowest BCUT2D eigenvalue weighted by Gasteiger charge is -2.10. The Labute approximate surface area is 132 Å². The highest BCUT2D eigenvalue weighted by atomic mass is 35.5. The summed E-state index contributed by atoms with van der Waals surface area (Å²) in [5, 5.41) is 4.85. The molecule has 2 heterocycles. The van der Waals surface area contributed by atoms with Gasteiger partial charge in [-0.2, -0.15) is 11.3 Å². The number of aryl methyl sites for hydroxylation is 1. The van der Waals surface area contributed by atoms with Crippen LogP contribution in [0.3, 0.4) is 0 Å². The number of nitrogens with zero attached hydrogens (tertiary/aromatic N) is 2. The molecule has 0 saturated heterocycles. The smallest absolute Gasteiger partial charge is 0.128 e. The second-order valence-corrected chi connectivity index (χ2v) is 6.67. The van der Waals surface area contributed by atoms with E-state index in [9.17, 15) is 0 Å². The van der Waals surface area contributed by atoms with E-state index in [1.807, 2.05) is 25.1 Å². The predicted molar refractivity (Wildman–Crippen MR) is 87.2 cm³/mol. The van der Waals surface area contributed by atoms with Gasteiger partial charge in [-0.15, -0.1) is 11.6 Å². The fraction of sp³-hybridized carbons (Fsp3) is 0.267. The van der Waals surface area contributed by atoms with Crippen LogP contribution in [0.2, 0.25) is 5.02 Å². The number of halogens is 2. The maximum Gasteiger partial charge on any atom is 0.128 e. The van der Waals surface area contributed by atoms with Crippen LogP contribution in [-0.4, -0.2) is 9.55 Å². The molecule has 0 aliphatic carbocycles. The summed E-state index contributed by atoms with van der Waals surface area (Å²) in [6.45, 7) is 4.84. The van der Waals surface area contributed by atoms with E-state index in [1.165, 1.54) is 11.1 Å². The van der Waals surface area contributed by atoms with E-state index < -0.39 is 0 Å². The predicted octanol–water partition coefficient (Wildman–Crippen LogP) is 5.41. The SMILES string of the molecule is Cc1cscc1Cn1c(C(C)Cl)nc2c(Cl)cccc21.